The summed E-state index contributed by atoms with van der Waals surface area (Å²) in [5, 5.41) is 8.05. The van der Waals surface area contributed by atoms with Crippen LogP contribution in [0.3, 0.4) is 0 Å². The largest absolute Gasteiger partial charge is 0.484 e. The van der Waals surface area contributed by atoms with Crippen LogP contribution in [0.25, 0.3) is 10.9 Å². The summed E-state index contributed by atoms with van der Waals surface area (Å²) >= 11 is 0. The average Bonchev–Trinajstić information content (AvgIpc) is 3.24. The van der Waals surface area contributed by atoms with Gasteiger partial charge in [0.1, 0.15) is 11.8 Å². The zero-order valence-electron chi connectivity index (χ0n) is 21.6. The van der Waals surface area contributed by atoms with Crippen molar-refractivity contribution in [3.8, 4) is 5.75 Å². The number of carbonyl (C=O) groups is 2. The highest BCUT2D eigenvalue weighted by molar-refractivity contribution is 6.00. The lowest BCUT2D eigenvalue weighted by Gasteiger charge is -2.21. The van der Waals surface area contributed by atoms with Crippen molar-refractivity contribution in [1.29, 1.82) is 0 Å². The van der Waals surface area contributed by atoms with E-state index in [1.807, 2.05) is 50.4 Å². The van der Waals surface area contributed by atoms with E-state index in [1.54, 1.807) is 6.21 Å². The molecular weight excluding hydrogens is 452 g/mol. The Balaban J connectivity index is 1.35. The number of carbonyl (C=O) groups excluding carboxylic acids is 2. The smallest absolute Gasteiger partial charge is 0.262 e. The molecule has 1 atom stereocenters. The summed E-state index contributed by atoms with van der Waals surface area (Å²) < 4.78 is 7.90. The van der Waals surface area contributed by atoms with E-state index < -0.39 is 6.04 Å². The third kappa shape index (κ3) is 5.96. The van der Waals surface area contributed by atoms with E-state index >= 15 is 0 Å². The number of amides is 2. The molecule has 2 aromatic carbocycles. The van der Waals surface area contributed by atoms with Gasteiger partial charge in [0.15, 0.2) is 6.61 Å². The van der Waals surface area contributed by atoms with E-state index in [-0.39, 0.29) is 24.3 Å². The van der Waals surface area contributed by atoms with Gasteiger partial charge < -0.3 is 14.6 Å². The van der Waals surface area contributed by atoms with Crippen molar-refractivity contribution in [2.45, 2.75) is 65.5 Å². The maximum atomic E-state index is 12.8. The molecule has 1 aliphatic rings. The van der Waals surface area contributed by atoms with Gasteiger partial charge in [-0.05, 0) is 74.8 Å². The van der Waals surface area contributed by atoms with Crippen LogP contribution in [0.1, 0.15) is 63.3 Å². The number of fused-ring (bicyclic) bond motifs is 2. The number of aryl methyl sites for hydroxylation is 2. The summed E-state index contributed by atoms with van der Waals surface area (Å²) in [7, 11) is 0. The van der Waals surface area contributed by atoms with E-state index in [9.17, 15) is 9.59 Å². The summed E-state index contributed by atoms with van der Waals surface area (Å²) in [6.07, 6.45) is 8.24. The molecule has 1 aromatic heterocycles. The predicted octanol–water partition coefficient (Wildman–Crippen LogP) is 4.77. The van der Waals surface area contributed by atoms with Crippen LogP contribution in [0.15, 0.2) is 53.8 Å². The molecule has 0 unspecified atom stereocenters. The Morgan fingerprint density at radius 3 is 2.56 bits per heavy atom. The number of benzene rings is 2. The second kappa shape index (κ2) is 11.4. The van der Waals surface area contributed by atoms with Gasteiger partial charge in [0, 0.05) is 28.7 Å². The number of para-hydroxylation sites is 1. The summed E-state index contributed by atoms with van der Waals surface area (Å²) in [6.45, 7) is 7.87. The van der Waals surface area contributed by atoms with Gasteiger partial charge in [-0.25, -0.2) is 5.43 Å². The van der Waals surface area contributed by atoms with E-state index in [0.29, 0.717) is 11.8 Å². The van der Waals surface area contributed by atoms with Gasteiger partial charge >= 0.3 is 0 Å². The van der Waals surface area contributed by atoms with E-state index in [4.69, 9.17) is 4.74 Å². The Hall–Kier alpha value is -3.61. The number of hydrazone groups is 1. The van der Waals surface area contributed by atoms with Crippen LogP contribution in [-0.2, 0) is 22.4 Å². The Bertz CT molecular complexity index is 1260. The van der Waals surface area contributed by atoms with Crippen molar-refractivity contribution in [3.05, 3.63) is 65.4 Å². The molecule has 1 heterocycles. The molecule has 0 fully saturated rings. The van der Waals surface area contributed by atoms with Crippen molar-refractivity contribution < 1.29 is 14.3 Å². The first kappa shape index (κ1) is 25.5. The van der Waals surface area contributed by atoms with Crippen LogP contribution < -0.4 is 15.5 Å². The lowest BCUT2D eigenvalue weighted by Crippen LogP contribution is -2.49. The van der Waals surface area contributed by atoms with Crippen LogP contribution in [-0.4, -0.2) is 35.2 Å². The fourth-order valence-corrected chi connectivity index (χ4v) is 4.70. The van der Waals surface area contributed by atoms with Gasteiger partial charge in [0.05, 0.1) is 6.21 Å². The molecule has 3 aromatic rings. The summed E-state index contributed by atoms with van der Waals surface area (Å²) in [4.78, 5) is 25.4. The number of rotatable bonds is 9. The highest BCUT2D eigenvalue weighted by Crippen LogP contribution is 2.25. The van der Waals surface area contributed by atoms with Crippen molar-refractivity contribution in [2.24, 2.45) is 11.0 Å². The fraction of sp³-hybridized carbons (Fsp3) is 0.414. The first-order valence-corrected chi connectivity index (χ1v) is 12.8. The first-order valence-electron chi connectivity index (χ1n) is 12.8. The number of nitrogens with zero attached hydrogens (tertiary/aromatic N) is 2. The molecule has 190 valence electrons. The van der Waals surface area contributed by atoms with Crippen molar-refractivity contribution in [3.63, 3.8) is 0 Å². The Labute approximate surface area is 212 Å². The standard InChI is InChI=1S/C29H36N4O3/c1-19(2)28(31-27(34)18-36-24-14-13-21-9-5-6-10-22(21)15-24)29(35)32-30-16-23-17-33(20(3)4)26-12-8-7-11-25(23)26/h7-8,11-17,19-20,28H,5-6,9-10,18H2,1-4H3,(H,31,34)(H,32,35)/b30-16-/t28-/m1/s1. The third-order valence-corrected chi connectivity index (χ3v) is 6.66. The molecule has 0 saturated heterocycles. The molecule has 0 bridgehead atoms. The molecule has 4 rings (SSSR count). The second-order valence-electron chi connectivity index (χ2n) is 10.1. The molecule has 0 spiro atoms. The molecule has 0 radical (unpaired) electrons. The second-order valence-corrected chi connectivity index (χ2v) is 10.1. The zero-order valence-corrected chi connectivity index (χ0v) is 21.6. The zero-order chi connectivity index (χ0) is 25.7. The van der Waals surface area contributed by atoms with E-state index in [0.717, 1.165) is 29.3 Å². The SMILES string of the molecule is CC(C)[C@@H](NC(=O)COc1ccc2c(c1)CCCC2)C(=O)N/N=C\c1cn(C(C)C)c2ccccc12. The van der Waals surface area contributed by atoms with Crippen LogP contribution in [0.2, 0.25) is 0 Å². The Morgan fingerprint density at radius 2 is 1.81 bits per heavy atom. The number of hydrogen-bond donors (Lipinski definition) is 2. The molecule has 36 heavy (non-hydrogen) atoms. The Kier molecular flexibility index (Phi) is 8.08. The maximum Gasteiger partial charge on any atom is 0.262 e. The van der Waals surface area contributed by atoms with Gasteiger partial charge in [-0.1, -0.05) is 38.1 Å². The minimum absolute atomic E-state index is 0.115. The summed E-state index contributed by atoms with van der Waals surface area (Å²) in [5.41, 5.74) is 7.30. The number of nitrogens with one attached hydrogen (secondary N) is 2. The molecule has 7 heteroatoms. The minimum Gasteiger partial charge on any atom is -0.484 e. The lowest BCUT2D eigenvalue weighted by molar-refractivity contribution is -0.131. The van der Waals surface area contributed by atoms with Crippen LogP contribution >= 0.6 is 0 Å². The number of ether oxygens (including phenoxy) is 1. The molecule has 2 amide bonds. The number of aromatic nitrogens is 1. The monoisotopic (exact) mass is 488 g/mol. The highest BCUT2D eigenvalue weighted by Gasteiger charge is 2.24. The van der Waals surface area contributed by atoms with Crippen LogP contribution in [0.4, 0.5) is 0 Å². The van der Waals surface area contributed by atoms with Crippen LogP contribution in [0, 0.1) is 5.92 Å². The maximum absolute atomic E-state index is 12.8. The van der Waals surface area contributed by atoms with E-state index in [2.05, 4.69) is 46.4 Å². The van der Waals surface area contributed by atoms with Gasteiger partial charge in [-0.2, -0.15) is 5.10 Å². The lowest BCUT2D eigenvalue weighted by atomic mass is 9.92. The first-order chi connectivity index (χ1) is 17.3. The van der Waals surface area contributed by atoms with Crippen LogP contribution in [0.5, 0.6) is 5.75 Å². The molecule has 1 aliphatic carbocycles. The van der Waals surface area contributed by atoms with Crippen molar-refractivity contribution in [2.75, 3.05) is 6.61 Å². The number of hydrogen-bond acceptors (Lipinski definition) is 4. The fourth-order valence-electron chi connectivity index (χ4n) is 4.70. The van der Waals surface area contributed by atoms with Crippen molar-refractivity contribution in [1.82, 2.24) is 15.3 Å². The van der Waals surface area contributed by atoms with Gasteiger partial charge in [-0.3, -0.25) is 9.59 Å². The van der Waals surface area contributed by atoms with Crippen molar-refractivity contribution >= 4 is 28.9 Å². The summed E-state index contributed by atoms with van der Waals surface area (Å²) in [6, 6.07) is 13.7. The summed E-state index contributed by atoms with van der Waals surface area (Å²) in [5.74, 6) is -0.140. The highest BCUT2D eigenvalue weighted by atomic mass is 16.5. The topological polar surface area (TPSA) is 84.7 Å². The normalized spacial score (nSPS) is 14.3. The average molecular weight is 489 g/mol. The molecule has 0 saturated carbocycles. The molecule has 0 aliphatic heterocycles. The molecule has 2 N–H and O–H groups in total. The Morgan fingerprint density at radius 1 is 1.06 bits per heavy atom. The van der Waals surface area contributed by atoms with Gasteiger partial charge in [0.2, 0.25) is 0 Å². The quantitative estimate of drug-likeness (QED) is 0.336. The van der Waals surface area contributed by atoms with Gasteiger partial charge in [-0.15, -0.1) is 0 Å². The minimum atomic E-state index is -0.723. The predicted molar refractivity (Wildman–Crippen MR) is 143 cm³/mol. The third-order valence-electron chi connectivity index (χ3n) is 6.66. The van der Waals surface area contributed by atoms with Gasteiger partial charge in [0.25, 0.3) is 11.8 Å². The van der Waals surface area contributed by atoms with E-state index in [1.165, 1.54) is 24.0 Å². The molecule has 7 nitrogen and oxygen atoms in total. The molecular formula is C29H36N4O3.